The van der Waals surface area contributed by atoms with E-state index in [-0.39, 0.29) is 0 Å². The fourth-order valence-electron chi connectivity index (χ4n) is 2.39. The van der Waals surface area contributed by atoms with Gasteiger partial charge in [-0.05, 0) is 76.3 Å². The number of hydrogen-bond acceptors (Lipinski definition) is 2. The van der Waals surface area contributed by atoms with Crippen LogP contribution in [0.2, 0.25) is 0 Å². The Balaban J connectivity index is 0. The van der Waals surface area contributed by atoms with E-state index in [4.69, 9.17) is 0 Å². The van der Waals surface area contributed by atoms with Gasteiger partial charge in [-0.1, -0.05) is 0 Å². The first-order valence-electron chi connectivity index (χ1n) is 7.51. The quantitative estimate of drug-likeness (QED) is 0.727. The van der Waals surface area contributed by atoms with Crippen molar-refractivity contribution in [2.24, 2.45) is 0 Å². The summed E-state index contributed by atoms with van der Waals surface area (Å²) in [7, 11) is 2.15. The van der Waals surface area contributed by atoms with E-state index in [1.54, 1.807) is 0 Å². The normalized spacial score (nSPS) is 12.3. The summed E-state index contributed by atoms with van der Waals surface area (Å²) in [6, 6.07) is 3.35. The van der Waals surface area contributed by atoms with E-state index >= 15 is 0 Å². The van der Waals surface area contributed by atoms with Gasteiger partial charge in [-0.3, -0.25) is 4.90 Å². The van der Waals surface area contributed by atoms with Crippen molar-refractivity contribution in [2.45, 2.75) is 99.4 Å². The summed E-state index contributed by atoms with van der Waals surface area (Å²) in [4.78, 5) is 4.83. The van der Waals surface area contributed by atoms with E-state index in [2.05, 4.69) is 86.1 Å². The highest BCUT2D eigenvalue weighted by Crippen LogP contribution is 2.09. The van der Waals surface area contributed by atoms with E-state index in [1.165, 1.54) is 0 Å². The summed E-state index contributed by atoms with van der Waals surface area (Å²) < 4.78 is 0. The second-order valence-corrected chi connectivity index (χ2v) is 6.58. The monoisotopic (exact) mass is 258 g/mol. The molecule has 0 aromatic heterocycles. The molecular formula is C16H38N2. The van der Waals surface area contributed by atoms with Crippen molar-refractivity contribution in [3.8, 4) is 0 Å². The lowest BCUT2D eigenvalue weighted by molar-refractivity contribution is 0.133. The largest absolute Gasteiger partial charge is 0.302 e. The van der Waals surface area contributed by atoms with Crippen LogP contribution < -0.4 is 0 Å². The lowest BCUT2D eigenvalue weighted by Gasteiger charge is -2.34. The van der Waals surface area contributed by atoms with Gasteiger partial charge in [0.15, 0.2) is 0 Å². The predicted molar refractivity (Wildman–Crippen MR) is 85.3 cm³/mol. The molecule has 0 spiro atoms. The Morgan fingerprint density at radius 2 is 0.667 bits per heavy atom. The van der Waals surface area contributed by atoms with Crippen LogP contribution in [0.5, 0.6) is 0 Å². The van der Waals surface area contributed by atoms with Crippen LogP contribution in [-0.4, -0.2) is 47.1 Å². The van der Waals surface area contributed by atoms with Crippen molar-refractivity contribution in [3.63, 3.8) is 0 Å². The summed E-state index contributed by atoms with van der Waals surface area (Å²) in [6.07, 6.45) is 0. The fourth-order valence-corrected chi connectivity index (χ4v) is 2.39. The minimum Gasteiger partial charge on any atom is -0.302 e. The zero-order chi connectivity index (χ0) is 15.0. The average Bonchev–Trinajstić information content (AvgIpc) is 2.14. The highest BCUT2D eigenvalue weighted by atomic mass is 15.2. The van der Waals surface area contributed by atoms with Gasteiger partial charge in [0.1, 0.15) is 0 Å². The highest BCUT2D eigenvalue weighted by Gasteiger charge is 2.15. The maximum Gasteiger partial charge on any atom is 0.00439 e. The first-order chi connectivity index (χ1) is 8.02. The topological polar surface area (TPSA) is 6.48 Å². The Kier molecular flexibility index (Phi) is 11.0. The molecule has 0 radical (unpaired) electrons. The van der Waals surface area contributed by atoms with Gasteiger partial charge >= 0.3 is 0 Å². The van der Waals surface area contributed by atoms with Gasteiger partial charge in [0.2, 0.25) is 0 Å². The van der Waals surface area contributed by atoms with E-state index < -0.39 is 0 Å². The third-order valence-corrected chi connectivity index (χ3v) is 3.42. The van der Waals surface area contributed by atoms with Gasteiger partial charge in [0.05, 0.1) is 0 Å². The van der Waals surface area contributed by atoms with E-state index in [1.807, 2.05) is 0 Å². The van der Waals surface area contributed by atoms with Crippen LogP contribution in [0.3, 0.4) is 0 Å². The Bertz CT molecular complexity index is 157. The minimum atomic E-state index is 0.667. The fraction of sp³-hybridized carbons (Fsp3) is 1.00. The van der Waals surface area contributed by atoms with Crippen LogP contribution in [0.4, 0.5) is 0 Å². The summed E-state index contributed by atoms with van der Waals surface area (Å²) >= 11 is 0. The number of nitrogens with zero attached hydrogens (tertiary/aromatic N) is 2. The second kappa shape index (κ2) is 9.80. The summed E-state index contributed by atoms with van der Waals surface area (Å²) in [6.45, 7) is 22.3. The first-order valence-corrected chi connectivity index (χ1v) is 7.51. The molecule has 0 unspecified atom stereocenters. The zero-order valence-corrected chi connectivity index (χ0v) is 14.8. The number of rotatable bonds is 5. The minimum absolute atomic E-state index is 0.667. The lowest BCUT2D eigenvalue weighted by Crippen LogP contribution is -2.42. The molecule has 0 rings (SSSR count). The van der Waals surface area contributed by atoms with E-state index in [0.717, 1.165) is 0 Å². The molecule has 0 aliphatic carbocycles. The molecule has 0 heterocycles. The smallest absolute Gasteiger partial charge is 0.00439 e. The van der Waals surface area contributed by atoms with Crippen LogP contribution in [-0.2, 0) is 0 Å². The zero-order valence-electron chi connectivity index (χ0n) is 14.8. The lowest BCUT2D eigenvalue weighted by atomic mass is 10.2. The van der Waals surface area contributed by atoms with Crippen molar-refractivity contribution < 1.29 is 0 Å². The summed E-state index contributed by atoms with van der Waals surface area (Å²) in [5.41, 5.74) is 0. The Morgan fingerprint density at radius 1 is 0.444 bits per heavy atom. The van der Waals surface area contributed by atoms with Crippen LogP contribution >= 0.6 is 0 Å². The Labute approximate surface area is 117 Å². The average molecular weight is 258 g/mol. The molecule has 0 bridgehead atoms. The van der Waals surface area contributed by atoms with Gasteiger partial charge in [0.25, 0.3) is 0 Å². The molecule has 0 saturated carbocycles. The molecule has 112 valence electrons. The van der Waals surface area contributed by atoms with Crippen molar-refractivity contribution in [2.75, 3.05) is 7.05 Å². The van der Waals surface area contributed by atoms with Crippen LogP contribution in [0.15, 0.2) is 0 Å². The molecule has 0 aromatic rings. The third kappa shape index (κ3) is 8.93. The highest BCUT2D eigenvalue weighted by molar-refractivity contribution is 4.70. The molecule has 0 aliphatic rings. The predicted octanol–water partition coefficient (Wildman–Crippen LogP) is 4.25. The molecule has 0 aliphatic heterocycles. The number of hydrogen-bond donors (Lipinski definition) is 0. The van der Waals surface area contributed by atoms with E-state index in [9.17, 15) is 0 Å². The SMILES string of the molecule is CC(C)N(C(C)C)C(C)C.CC(C)N(C)C(C)C. The molecule has 2 heteroatoms. The van der Waals surface area contributed by atoms with Crippen molar-refractivity contribution >= 4 is 0 Å². The summed E-state index contributed by atoms with van der Waals surface area (Å²) in [5.74, 6) is 0. The first kappa shape index (κ1) is 20.2. The van der Waals surface area contributed by atoms with Crippen LogP contribution in [0.25, 0.3) is 0 Å². The van der Waals surface area contributed by atoms with Crippen molar-refractivity contribution in [3.05, 3.63) is 0 Å². The summed E-state index contributed by atoms with van der Waals surface area (Å²) in [5, 5.41) is 0. The maximum atomic E-state index is 2.50. The van der Waals surface area contributed by atoms with Gasteiger partial charge in [-0.15, -0.1) is 0 Å². The molecule has 2 nitrogen and oxygen atoms in total. The molecule has 0 aromatic carbocycles. The Morgan fingerprint density at radius 3 is 0.667 bits per heavy atom. The van der Waals surface area contributed by atoms with Gasteiger partial charge in [-0.25, -0.2) is 0 Å². The van der Waals surface area contributed by atoms with Crippen molar-refractivity contribution in [1.82, 2.24) is 9.80 Å². The van der Waals surface area contributed by atoms with Gasteiger partial charge in [0, 0.05) is 30.2 Å². The molecule has 18 heavy (non-hydrogen) atoms. The maximum absolute atomic E-state index is 2.50. The van der Waals surface area contributed by atoms with Crippen molar-refractivity contribution in [1.29, 1.82) is 0 Å². The van der Waals surface area contributed by atoms with Gasteiger partial charge < -0.3 is 4.90 Å². The van der Waals surface area contributed by atoms with Crippen LogP contribution in [0, 0.1) is 0 Å². The van der Waals surface area contributed by atoms with Gasteiger partial charge in [-0.2, -0.15) is 0 Å². The molecule has 0 fully saturated rings. The molecule has 0 saturated heterocycles. The molecule has 0 N–H and O–H groups in total. The molecular weight excluding hydrogens is 220 g/mol. The molecule has 0 amide bonds. The standard InChI is InChI=1S/C9H21N.C7H17N/c1-7(2)10(8(3)4)9(5)6;1-6(2)8(5)7(3)4/h7-9H,1-6H3;6-7H,1-5H3. The third-order valence-electron chi connectivity index (χ3n) is 3.42. The second-order valence-electron chi connectivity index (χ2n) is 6.58. The van der Waals surface area contributed by atoms with Crippen LogP contribution in [0.1, 0.15) is 69.2 Å². The van der Waals surface area contributed by atoms with E-state index in [0.29, 0.717) is 30.2 Å². The molecule has 0 atom stereocenters. The Hall–Kier alpha value is -0.0800.